The van der Waals surface area contributed by atoms with Crippen molar-refractivity contribution in [2.24, 2.45) is 7.05 Å². The Bertz CT molecular complexity index is 526. The molecule has 0 radical (unpaired) electrons. The third-order valence-electron chi connectivity index (χ3n) is 3.22. The average Bonchev–Trinajstić information content (AvgIpc) is 2.94. The van der Waals surface area contributed by atoms with Crippen molar-refractivity contribution in [2.45, 2.75) is 13.0 Å². The van der Waals surface area contributed by atoms with Gasteiger partial charge in [0.2, 0.25) is 11.7 Å². The Hall–Kier alpha value is -1.73. The van der Waals surface area contributed by atoms with Crippen molar-refractivity contribution >= 4 is 0 Å². The van der Waals surface area contributed by atoms with Crippen LogP contribution in [0.5, 0.6) is 0 Å². The summed E-state index contributed by atoms with van der Waals surface area (Å²) in [6.07, 6.45) is 4.78. The molecule has 1 aliphatic rings. The topological polar surface area (TPSA) is 72.0 Å². The van der Waals surface area contributed by atoms with Gasteiger partial charge in [-0.3, -0.25) is 9.58 Å². The molecule has 7 heteroatoms. The Kier molecular flexibility index (Phi) is 3.56. The molecule has 0 saturated carbocycles. The lowest BCUT2D eigenvalue weighted by atomic mass is 10.3. The van der Waals surface area contributed by atoms with Crippen LogP contribution in [0, 0.1) is 0 Å². The normalized spacial score (nSPS) is 17.5. The molecule has 0 spiro atoms. The first-order chi connectivity index (χ1) is 9.31. The molecule has 0 bridgehead atoms. The van der Waals surface area contributed by atoms with E-state index in [1.165, 1.54) is 0 Å². The Morgan fingerprint density at radius 1 is 1.37 bits per heavy atom. The summed E-state index contributed by atoms with van der Waals surface area (Å²) in [7, 11) is 1.87. The number of aromatic nitrogens is 4. The maximum Gasteiger partial charge on any atom is 0.241 e. The molecule has 19 heavy (non-hydrogen) atoms. The van der Waals surface area contributed by atoms with Gasteiger partial charge >= 0.3 is 0 Å². The Labute approximate surface area is 111 Å². The quantitative estimate of drug-likeness (QED) is 0.856. The first-order valence-corrected chi connectivity index (χ1v) is 6.56. The van der Waals surface area contributed by atoms with Crippen LogP contribution in [0.1, 0.15) is 12.3 Å². The zero-order valence-electron chi connectivity index (χ0n) is 11.0. The maximum atomic E-state index is 5.31. The average molecular weight is 262 g/mol. The van der Waals surface area contributed by atoms with Gasteiger partial charge < -0.3 is 9.84 Å². The second kappa shape index (κ2) is 5.50. The third-order valence-corrected chi connectivity index (χ3v) is 3.22. The van der Waals surface area contributed by atoms with Crippen molar-refractivity contribution in [1.82, 2.24) is 30.1 Å². The minimum Gasteiger partial charge on any atom is -0.338 e. The summed E-state index contributed by atoms with van der Waals surface area (Å²) >= 11 is 0. The van der Waals surface area contributed by atoms with Crippen LogP contribution in [-0.2, 0) is 13.6 Å². The predicted molar refractivity (Wildman–Crippen MR) is 69.3 cm³/mol. The molecule has 2 aromatic heterocycles. The molecule has 0 aliphatic carbocycles. The Balaban J connectivity index is 1.67. The Morgan fingerprint density at radius 2 is 2.32 bits per heavy atom. The molecule has 0 aromatic carbocycles. The zero-order chi connectivity index (χ0) is 13.1. The molecule has 2 aromatic rings. The van der Waals surface area contributed by atoms with Gasteiger partial charge in [0.05, 0.1) is 18.3 Å². The molecule has 3 heterocycles. The largest absolute Gasteiger partial charge is 0.338 e. The molecule has 1 aliphatic heterocycles. The minimum atomic E-state index is 0.607. The van der Waals surface area contributed by atoms with Gasteiger partial charge in [0.1, 0.15) is 0 Å². The summed E-state index contributed by atoms with van der Waals surface area (Å²) in [5, 5.41) is 11.5. The van der Waals surface area contributed by atoms with E-state index >= 15 is 0 Å². The van der Waals surface area contributed by atoms with Gasteiger partial charge in [-0.2, -0.15) is 10.1 Å². The molecule has 1 saturated heterocycles. The first-order valence-electron chi connectivity index (χ1n) is 6.56. The molecule has 1 N–H and O–H groups in total. The zero-order valence-corrected chi connectivity index (χ0v) is 11.0. The van der Waals surface area contributed by atoms with Crippen LogP contribution < -0.4 is 5.32 Å². The van der Waals surface area contributed by atoms with Gasteiger partial charge in [-0.1, -0.05) is 5.16 Å². The van der Waals surface area contributed by atoms with Crippen LogP contribution in [0.3, 0.4) is 0 Å². The number of hydrogen-bond donors (Lipinski definition) is 1. The number of nitrogens with zero attached hydrogens (tertiary/aromatic N) is 5. The van der Waals surface area contributed by atoms with E-state index in [4.69, 9.17) is 4.52 Å². The fourth-order valence-corrected chi connectivity index (χ4v) is 2.22. The molecule has 0 amide bonds. The molecular weight excluding hydrogens is 244 g/mol. The van der Waals surface area contributed by atoms with Gasteiger partial charge in [0.25, 0.3) is 0 Å². The number of nitrogens with one attached hydrogen (secondary N) is 1. The number of rotatable bonds is 3. The summed E-state index contributed by atoms with van der Waals surface area (Å²) in [5.74, 6) is 1.27. The fourth-order valence-electron chi connectivity index (χ4n) is 2.22. The van der Waals surface area contributed by atoms with Crippen molar-refractivity contribution in [3.05, 3.63) is 18.3 Å². The monoisotopic (exact) mass is 262 g/mol. The lowest BCUT2D eigenvalue weighted by Crippen LogP contribution is -2.27. The highest BCUT2D eigenvalue weighted by Gasteiger charge is 2.15. The fraction of sp³-hybridized carbons (Fsp3) is 0.583. The third kappa shape index (κ3) is 2.99. The summed E-state index contributed by atoms with van der Waals surface area (Å²) in [6, 6.07) is 0. The number of aryl methyl sites for hydroxylation is 1. The van der Waals surface area contributed by atoms with Crippen LogP contribution in [-0.4, -0.2) is 51.0 Å². The van der Waals surface area contributed by atoms with Gasteiger partial charge in [-0.25, -0.2) is 0 Å². The van der Waals surface area contributed by atoms with E-state index in [2.05, 4.69) is 25.5 Å². The lowest BCUT2D eigenvalue weighted by molar-refractivity contribution is 0.239. The molecule has 0 unspecified atom stereocenters. The highest BCUT2D eigenvalue weighted by molar-refractivity contribution is 5.50. The van der Waals surface area contributed by atoms with Crippen molar-refractivity contribution in [3.8, 4) is 11.4 Å². The smallest absolute Gasteiger partial charge is 0.241 e. The van der Waals surface area contributed by atoms with Crippen LogP contribution in [0.2, 0.25) is 0 Å². The molecular formula is C12H18N6O. The molecule has 0 atom stereocenters. The minimum absolute atomic E-state index is 0.607. The molecule has 102 valence electrons. The first kappa shape index (κ1) is 12.3. The predicted octanol–water partition coefficient (Wildman–Crippen LogP) is 0.265. The summed E-state index contributed by atoms with van der Waals surface area (Å²) in [4.78, 5) is 6.76. The number of hydrogen-bond acceptors (Lipinski definition) is 6. The second-order valence-electron chi connectivity index (χ2n) is 4.79. The van der Waals surface area contributed by atoms with Gasteiger partial charge in [-0.15, -0.1) is 0 Å². The molecule has 7 nitrogen and oxygen atoms in total. The van der Waals surface area contributed by atoms with E-state index in [1.807, 2.05) is 13.2 Å². The lowest BCUT2D eigenvalue weighted by Gasteiger charge is -2.16. The Morgan fingerprint density at radius 3 is 3.16 bits per heavy atom. The van der Waals surface area contributed by atoms with E-state index in [0.29, 0.717) is 11.7 Å². The second-order valence-corrected chi connectivity index (χ2v) is 4.79. The van der Waals surface area contributed by atoms with Crippen LogP contribution in [0.15, 0.2) is 16.9 Å². The van der Waals surface area contributed by atoms with Gasteiger partial charge in [-0.05, 0) is 19.5 Å². The maximum absolute atomic E-state index is 5.31. The van der Waals surface area contributed by atoms with E-state index < -0.39 is 0 Å². The van der Waals surface area contributed by atoms with Crippen molar-refractivity contribution in [3.63, 3.8) is 0 Å². The van der Waals surface area contributed by atoms with Gasteiger partial charge in [0, 0.05) is 26.3 Å². The van der Waals surface area contributed by atoms with E-state index in [0.717, 1.165) is 44.7 Å². The van der Waals surface area contributed by atoms with E-state index in [1.54, 1.807) is 10.9 Å². The highest BCUT2D eigenvalue weighted by atomic mass is 16.5. The molecule has 1 fully saturated rings. The summed E-state index contributed by atoms with van der Waals surface area (Å²) in [5.41, 5.74) is 0.884. The van der Waals surface area contributed by atoms with Crippen LogP contribution in [0.25, 0.3) is 11.4 Å². The van der Waals surface area contributed by atoms with Crippen molar-refractivity contribution in [1.29, 1.82) is 0 Å². The van der Waals surface area contributed by atoms with Gasteiger partial charge in [0.15, 0.2) is 0 Å². The van der Waals surface area contributed by atoms with Crippen LogP contribution in [0.4, 0.5) is 0 Å². The van der Waals surface area contributed by atoms with E-state index in [-0.39, 0.29) is 0 Å². The van der Waals surface area contributed by atoms with Crippen molar-refractivity contribution in [2.75, 3.05) is 26.2 Å². The highest BCUT2D eigenvalue weighted by Crippen LogP contribution is 2.15. The van der Waals surface area contributed by atoms with Crippen LogP contribution >= 0.6 is 0 Å². The summed E-state index contributed by atoms with van der Waals surface area (Å²) < 4.78 is 7.04. The van der Waals surface area contributed by atoms with E-state index in [9.17, 15) is 0 Å². The van der Waals surface area contributed by atoms with Crippen molar-refractivity contribution < 1.29 is 4.52 Å². The summed E-state index contributed by atoms with van der Waals surface area (Å²) in [6.45, 7) is 4.90. The standard InChI is InChI=1S/C12H18N6O/c1-17-8-10(7-14-17)12-15-11(19-16-12)9-18-5-2-3-13-4-6-18/h7-8,13H,2-6,9H2,1H3. The SMILES string of the molecule is Cn1cc(-c2noc(CN3CCCNCC3)n2)cn1. The molecule has 3 rings (SSSR count).